The maximum absolute atomic E-state index is 13.4. The first-order valence-corrected chi connectivity index (χ1v) is 11.2. The lowest BCUT2D eigenvalue weighted by Crippen LogP contribution is -2.39. The molecular weight excluding hydrogens is 455 g/mol. The van der Waals surface area contributed by atoms with Crippen LogP contribution in [0.3, 0.4) is 0 Å². The number of nitrogens with zero attached hydrogens (tertiary/aromatic N) is 2. The van der Waals surface area contributed by atoms with Crippen molar-refractivity contribution < 1.29 is 9.53 Å². The molecule has 0 aliphatic carbocycles. The number of thiazole rings is 1. The molecule has 5 nitrogen and oxygen atoms in total. The SMILES string of the molecule is CCOC(=O)C1=C(C)N=c2s/c(=C\c3ccc(Cl)cc3)c(=O)n2[C@H]1c1ccc(Cl)cc1. The first-order valence-electron chi connectivity index (χ1n) is 9.59. The van der Waals surface area contributed by atoms with Crippen molar-refractivity contribution in [3.05, 3.63) is 101 Å². The van der Waals surface area contributed by atoms with Crippen molar-refractivity contribution in [1.82, 2.24) is 4.57 Å². The molecule has 1 aliphatic heterocycles. The fraction of sp³-hybridized carbons (Fsp3) is 0.174. The number of ether oxygens (including phenoxy) is 1. The van der Waals surface area contributed by atoms with Crippen LogP contribution in [0.5, 0.6) is 0 Å². The van der Waals surface area contributed by atoms with Crippen LogP contribution in [0.15, 0.2) is 69.6 Å². The van der Waals surface area contributed by atoms with Crippen LogP contribution >= 0.6 is 34.5 Å². The molecular formula is C23H18Cl2N2O3S. The number of rotatable bonds is 4. The van der Waals surface area contributed by atoms with Crippen LogP contribution in [0.25, 0.3) is 6.08 Å². The summed E-state index contributed by atoms with van der Waals surface area (Å²) < 4.78 is 7.34. The molecule has 158 valence electrons. The second-order valence-electron chi connectivity index (χ2n) is 6.91. The van der Waals surface area contributed by atoms with Crippen LogP contribution in [0, 0.1) is 0 Å². The Morgan fingerprint density at radius 2 is 1.74 bits per heavy atom. The molecule has 0 radical (unpaired) electrons. The van der Waals surface area contributed by atoms with Gasteiger partial charge in [-0.2, -0.15) is 0 Å². The number of fused-ring (bicyclic) bond motifs is 1. The normalized spacial score (nSPS) is 16.1. The predicted molar refractivity (Wildman–Crippen MR) is 123 cm³/mol. The Bertz CT molecular complexity index is 1350. The lowest BCUT2D eigenvalue weighted by molar-refractivity contribution is -0.139. The van der Waals surface area contributed by atoms with Crippen LogP contribution < -0.4 is 14.9 Å². The minimum absolute atomic E-state index is 0.226. The summed E-state index contributed by atoms with van der Waals surface area (Å²) in [7, 11) is 0. The van der Waals surface area contributed by atoms with Gasteiger partial charge in [-0.1, -0.05) is 58.8 Å². The predicted octanol–water partition coefficient (Wildman–Crippen LogP) is 4.11. The van der Waals surface area contributed by atoms with E-state index in [0.717, 1.165) is 11.1 Å². The molecule has 0 saturated heterocycles. The molecule has 2 heterocycles. The molecule has 2 aromatic carbocycles. The van der Waals surface area contributed by atoms with Gasteiger partial charge in [0.15, 0.2) is 4.80 Å². The third kappa shape index (κ3) is 4.24. The Balaban J connectivity index is 1.94. The number of halogens is 2. The van der Waals surface area contributed by atoms with Crippen LogP contribution in [0.4, 0.5) is 0 Å². The molecule has 1 aromatic heterocycles. The zero-order valence-corrected chi connectivity index (χ0v) is 19.1. The summed E-state index contributed by atoms with van der Waals surface area (Å²) in [5.41, 5.74) is 2.24. The zero-order chi connectivity index (χ0) is 22.1. The maximum atomic E-state index is 13.4. The highest BCUT2D eigenvalue weighted by Crippen LogP contribution is 2.31. The largest absolute Gasteiger partial charge is 0.463 e. The topological polar surface area (TPSA) is 60.7 Å². The van der Waals surface area contributed by atoms with Gasteiger partial charge in [-0.3, -0.25) is 9.36 Å². The van der Waals surface area contributed by atoms with Gasteiger partial charge in [-0.15, -0.1) is 0 Å². The third-order valence-electron chi connectivity index (χ3n) is 4.87. The van der Waals surface area contributed by atoms with E-state index in [1.807, 2.05) is 12.1 Å². The van der Waals surface area contributed by atoms with E-state index in [9.17, 15) is 9.59 Å². The van der Waals surface area contributed by atoms with Crippen LogP contribution in [-0.4, -0.2) is 17.1 Å². The highest BCUT2D eigenvalue weighted by Gasteiger charge is 2.33. The van der Waals surface area contributed by atoms with Crippen molar-refractivity contribution in [2.24, 2.45) is 4.99 Å². The highest BCUT2D eigenvalue weighted by atomic mass is 35.5. The number of benzene rings is 2. The van der Waals surface area contributed by atoms with Gasteiger partial charge < -0.3 is 4.74 Å². The number of allylic oxidation sites excluding steroid dienone is 1. The highest BCUT2D eigenvalue weighted by molar-refractivity contribution is 7.07. The Morgan fingerprint density at radius 1 is 1.13 bits per heavy atom. The standard InChI is InChI=1S/C23H18Cl2N2O3S/c1-3-30-22(29)19-13(2)26-23-27(20(19)15-6-10-17(25)11-7-15)21(28)18(31-23)12-14-4-8-16(24)9-5-14/h4-12,20H,3H2,1-2H3/b18-12-/t20-/m0/s1. The number of carbonyl (C=O) groups is 1. The van der Waals surface area contributed by atoms with Crippen molar-refractivity contribution in [2.75, 3.05) is 6.61 Å². The van der Waals surface area contributed by atoms with E-state index >= 15 is 0 Å². The summed E-state index contributed by atoms with van der Waals surface area (Å²) in [5, 5.41) is 1.19. The smallest absolute Gasteiger partial charge is 0.338 e. The van der Waals surface area contributed by atoms with Crippen molar-refractivity contribution in [2.45, 2.75) is 19.9 Å². The van der Waals surface area contributed by atoms with Crippen LogP contribution in [0.1, 0.15) is 31.0 Å². The van der Waals surface area contributed by atoms with E-state index in [4.69, 9.17) is 27.9 Å². The van der Waals surface area contributed by atoms with Crippen LogP contribution in [-0.2, 0) is 9.53 Å². The van der Waals surface area contributed by atoms with Gasteiger partial charge >= 0.3 is 5.97 Å². The second-order valence-corrected chi connectivity index (χ2v) is 8.79. The van der Waals surface area contributed by atoms with Gasteiger partial charge in [0.25, 0.3) is 5.56 Å². The Kier molecular flexibility index (Phi) is 6.14. The van der Waals surface area contributed by atoms with Gasteiger partial charge in [0, 0.05) is 10.0 Å². The monoisotopic (exact) mass is 472 g/mol. The summed E-state index contributed by atoms with van der Waals surface area (Å²) in [5.74, 6) is -0.490. The second kappa shape index (κ2) is 8.83. The van der Waals surface area contributed by atoms with Crippen molar-refractivity contribution >= 4 is 46.6 Å². The summed E-state index contributed by atoms with van der Waals surface area (Å²) in [4.78, 5) is 31.3. The fourth-order valence-corrected chi connectivity index (χ4v) is 4.76. The van der Waals surface area contributed by atoms with Crippen molar-refractivity contribution in [3.8, 4) is 0 Å². The van der Waals surface area contributed by atoms with Crippen molar-refractivity contribution in [1.29, 1.82) is 0 Å². The third-order valence-corrected chi connectivity index (χ3v) is 6.36. The quantitative estimate of drug-likeness (QED) is 0.536. The molecule has 0 saturated carbocycles. The molecule has 3 aromatic rings. The lowest BCUT2D eigenvalue weighted by Gasteiger charge is -2.24. The van der Waals surface area contributed by atoms with E-state index in [1.165, 1.54) is 11.3 Å². The molecule has 8 heteroatoms. The lowest BCUT2D eigenvalue weighted by atomic mass is 9.96. The van der Waals surface area contributed by atoms with E-state index in [2.05, 4.69) is 4.99 Å². The van der Waals surface area contributed by atoms with Crippen LogP contribution in [0.2, 0.25) is 10.0 Å². The van der Waals surface area contributed by atoms with Crippen molar-refractivity contribution in [3.63, 3.8) is 0 Å². The molecule has 0 amide bonds. The molecule has 31 heavy (non-hydrogen) atoms. The Labute approximate surface area is 192 Å². The van der Waals surface area contributed by atoms with E-state index in [0.29, 0.717) is 30.6 Å². The Morgan fingerprint density at radius 3 is 2.35 bits per heavy atom. The number of carbonyl (C=O) groups excluding carboxylic acids is 1. The van der Waals surface area contributed by atoms with E-state index in [-0.39, 0.29) is 12.2 Å². The molecule has 1 aliphatic rings. The molecule has 0 bridgehead atoms. The molecule has 0 spiro atoms. The number of hydrogen-bond donors (Lipinski definition) is 0. The van der Waals surface area contributed by atoms with Gasteiger partial charge in [-0.05, 0) is 55.3 Å². The minimum Gasteiger partial charge on any atom is -0.463 e. The van der Waals surface area contributed by atoms with E-state index in [1.54, 1.807) is 60.9 Å². The number of esters is 1. The van der Waals surface area contributed by atoms with Gasteiger partial charge in [0.05, 0.1) is 28.5 Å². The van der Waals surface area contributed by atoms with Gasteiger partial charge in [0.2, 0.25) is 0 Å². The first kappa shape index (κ1) is 21.6. The molecule has 4 rings (SSSR count). The molecule has 1 atom stereocenters. The zero-order valence-electron chi connectivity index (χ0n) is 16.8. The molecule has 0 unspecified atom stereocenters. The summed E-state index contributed by atoms with van der Waals surface area (Å²) in [6.45, 7) is 3.72. The average molecular weight is 473 g/mol. The van der Waals surface area contributed by atoms with Gasteiger partial charge in [0.1, 0.15) is 0 Å². The Hall–Kier alpha value is -2.67. The molecule has 0 N–H and O–H groups in total. The number of hydrogen-bond acceptors (Lipinski definition) is 5. The minimum atomic E-state index is -0.653. The maximum Gasteiger partial charge on any atom is 0.338 e. The first-order chi connectivity index (χ1) is 14.9. The van der Waals surface area contributed by atoms with E-state index < -0.39 is 12.0 Å². The summed E-state index contributed by atoms with van der Waals surface area (Å²) in [6, 6.07) is 13.6. The number of aromatic nitrogens is 1. The summed E-state index contributed by atoms with van der Waals surface area (Å²) in [6.07, 6.45) is 1.79. The fourth-order valence-electron chi connectivity index (χ4n) is 3.46. The average Bonchev–Trinajstić information content (AvgIpc) is 3.04. The summed E-state index contributed by atoms with van der Waals surface area (Å²) >= 11 is 13.3. The van der Waals surface area contributed by atoms with Gasteiger partial charge in [-0.25, -0.2) is 9.79 Å². The molecule has 0 fully saturated rings.